The number of halogens is 1. The first-order valence-electron chi connectivity index (χ1n) is 5.69. The molecule has 1 unspecified atom stereocenters. The molecule has 0 aliphatic heterocycles. The lowest BCUT2D eigenvalue weighted by Crippen LogP contribution is -2.12. The number of benzene rings is 1. The van der Waals surface area contributed by atoms with Crippen molar-refractivity contribution in [2.75, 3.05) is 7.05 Å². The fraction of sp³-hybridized carbons (Fsp3) is 0.308. The molecule has 2 aromatic rings. The SMILES string of the molecule is CNC(C)c1csc(CSc2ccccc2F)n1. The Hall–Kier alpha value is -0.910. The molecule has 0 saturated carbocycles. The van der Waals surface area contributed by atoms with Gasteiger partial charge in [0.2, 0.25) is 0 Å². The molecule has 0 saturated heterocycles. The number of thioether (sulfide) groups is 1. The molecule has 0 aliphatic carbocycles. The van der Waals surface area contributed by atoms with Crippen LogP contribution in [-0.2, 0) is 5.75 Å². The van der Waals surface area contributed by atoms with Gasteiger partial charge in [-0.15, -0.1) is 23.1 Å². The molecule has 1 atom stereocenters. The highest BCUT2D eigenvalue weighted by molar-refractivity contribution is 7.98. The summed E-state index contributed by atoms with van der Waals surface area (Å²) in [5.41, 5.74) is 1.05. The lowest BCUT2D eigenvalue weighted by atomic mass is 10.3. The second kappa shape index (κ2) is 6.31. The van der Waals surface area contributed by atoms with Crippen LogP contribution >= 0.6 is 23.1 Å². The van der Waals surface area contributed by atoms with Crippen molar-refractivity contribution < 1.29 is 4.39 Å². The summed E-state index contributed by atoms with van der Waals surface area (Å²) in [6, 6.07) is 7.09. The maximum Gasteiger partial charge on any atom is 0.136 e. The first-order chi connectivity index (χ1) is 8.70. The van der Waals surface area contributed by atoms with E-state index >= 15 is 0 Å². The largest absolute Gasteiger partial charge is 0.312 e. The standard InChI is InChI=1S/C13H15FN2S2/c1-9(15-2)11-7-18-13(16-11)8-17-12-6-4-3-5-10(12)14/h3-7,9,15H,8H2,1-2H3. The molecule has 1 aromatic carbocycles. The lowest BCUT2D eigenvalue weighted by molar-refractivity contribution is 0.602. The molecule has 0 radical (unpaired) electrons. The van der Waals surface area contributed by atoms with Crippen molar-refractivity contribution >= 4 is 23.1 Å². The Morgan fingerprint density at radius 1 is 1.44 bits per heavy atom. The van der Waals surface area contributed by atoms with E-state index < -0.39 is 0 Å². The maximum atomic E-state index is 13.4. The van der Waals surface area contributed by atoms with Gasteiger partial charge in [0, 0.05) is 16.3 Å². The average molecular weight is 282 g/mol. The minimum Gasteiger partial charge on any atom is -0.312 e. The Kier molecular flexibility index (Phi) is 4.74. The number of hydrogen-bond donors (Lipinski definition) is 1. The Morgan fingerprint density at radius 2 is 2.22 bits per heavy atom. The molecule has 0 spiro atoms. The predicted molar refractivity (Wildman–Crippen MR) is 75.5 cm³/mol. The van der Waals surface area contributed by atoms with E-state index in [1.807, 2.05) is 13.1 Å². The van der Waals surface area contributed by atoms with Crippen molar-refractivity contribution in [3.63, 3.8) is 0 Å². The van der Waals surface area contributed by atoms with Gasteiger partial charge in [-0.05, 0) is 26.1 Å². The van der Waals surface area contributed by atoms with Gasteiger partial charge in [0.1, 0.15) is 10.8 Å². The van der Waals surface area contributed by atoms with Gasteiger partial charge >= 0.3 is 0 Å². The van der Waals surface area contributed by atoms with E-state index in [-0.39, 0.29) is 11.9 Å². The quantitative estimate of drug-likeness (QED) is 0.843. The van der Waals surface area contributed by atoms with E-state index in [0.29, 0.717) is 10.6 Å². The number of nitrogens with one attached hydrogen (secondary N) is 1. The zero-order chi connectivity index (χ0) is 13.0. The molecule has 2 rings (SSSR count). The van der Waals surface area contributed by atoms with Crippen molar-refractivity contribution in [1.82, 2.24) is 10.3 Å². The van der Waals surface area contributed by atoms with Crippen molar-refractivity contribution in [3.8, 4) is 0 Å². The van der Waals surface area contributed by atoms with Gasteiger partial charge in [0.25, 0.3) is 0 Å². The zero-order valence-corrected chi connectivity index (χ0v) is 11.9. The molecule has 1 aromatic heterocycles. The highest BCUT2D eigenvalue weighted by atomic mass is 32.2. The molecule has 0 aliphatic rings. The molecule has 1 heterocycles. The van der Waals surface area contributed by atoms with E-state index in [4.69, 9.17) is 0 Å². The van der Waals surface area contributed by atoms with Crippen LogP contribution < -0.4 is 5.32 Å². The second-order valence-electron chi connectivity index (χ2n) is 3.90. The van der Waals surface area contributed by atoms with Crippen LogP contribution in [0, 0.1) is 5.82 Å². The number of rotatable bonds is 5. The van der Waals surface area contributed by atoms with Gasteiger partial charge in [0.15, 0.2) is 0 Å². The topological polar surface area (TPSA) is 24.9 Å². The molecule has 1 N–H and O–H groups in total. The Balaban J connectivity index is 1.98. The highest BCUT2D eigenvalue weighted by Crippen LogP contribution is 2.27. The van der Waals surface area contributed by atoms with Crippen molar-refractivity contribution in [3.05, 3.63) is 46.2 Å². The molecule has 18 heavy (non-hydrogen) atoms. The summed E-state index contributed by atoms with van der Waals surface area (Å²) in [5.74, 6) is 0.546. The molecule has 0 amide bonds. The Bertz CT molecular complexity index is 513. The maximum absolute atomic E-state index is 13.4. The van der Waals surface area contributed by atoms with Crippen LogP contribution in [0.4, 0.5) is 4.39 Å². The molecule has 0 bridgehead atoms. The smallest absolute Gasteiger partial charge is 0.136 e. The summed E-state index contributed by atoms with van der Waals surface area (Å²) in [4.78, 5) is 5.22. The van der Waals surface area contributed by atoms with Crippen LogP contribution in [0.3, 0.4) is 0 Å². The van der Waals surface area contributed by atoms with E-state index in [2.05, 4.69) is 22.6 Å². The van der Waals surface area contributed by atoms with Crippen LogP contribution in [-0.4, -0.2) is 12.0 Å². The van der Waals surface area contributed by atoms with E-state index in [9.17, 15) is 4.39 Å². The van der Waals surface area contributed by atoms with Gasteiger partial charge in [-0.2, -0.15) is 0 Å². The van der Waals surface area contributed by atoms with E-state index in [1.54, 1.807) is 23.5 Å². The van der Waals surface area contributed by atoms with Crippen LogP contribution in [0.1, 0.15) is 23.7 Å². The third-order valence-electron chi connectivity index (χ3n) is 2.63. The van der Waals surface area contributed by atoms with Crippen LogP contribution in [0.5, 0.6) is 0 Å². The minimum atomic E-state index is -0.164. The van der Waals surface area contributed by atoms with E-state index in [0.717, 1.165) is 10.7 Å². The third-order valence-corrected chi connectivity index (χ3v) is 4.74. The average Bonchev–Trinajstić information content (AvgIpc) is 2.86. The fourth-order valence-corrected chi connectivity index (χ4v) is 3.28. The minimum absolute atomic E-state index is 0.164. The fourth-order valence-electron chi connectivity index (χ4n) is 1.44. The molecule has 2 nitrogen and oxygen atoms in total. The monoisotopic (exact) mass is 282 g/mol. The van der Waals surface area contributed by atoms with Crippen LogP contribution in [0.15, 0.2) is 34.5 Å². The number of thiazole rings is 1. The molecule has 0 fully saturated rings. The molecular weight excluding hydrogens is 267 g/mol. The second-order valence-corrected chi connectivity index (χ2v) is 5.86. The molecule has 96 valence electrons. The van der Waals surface area contributed by atoms with Gasteiger partial charge in [-0.1, -0.05) is 12.1 Å². The summed E-state index contributed by atoms with van der Waals surface area (Å²) in [5, 5.41) is 6.24. The van der Waals surface area contributed by atoms with Gasteiger partial charge in [-0.25, -0.2) is 9.37 Å². The van der Waals surface area contributed by atoms with Crippen LogP contribution in [0.2, 0.25) is 0 Å². The first-order valence-corrected chi connectivity index (χ1v) is 7.56. The van der Waals surface area contributed by atoms with E-state index in [1.165, 1.54) is 17.8 Å². The summed E-state index contributed by atoms with van der Waals surface area (Å²) in [6.45, 7) is 2.07. The van der Waals surface area contributed by atoms with Gasteiger partial charge in [0.05, 0.1) is 11.4 Å². The number of hydrogen-bond acceptors (Lipinski definition) is 4. The van der Waals surface area contributed by atoms with Crippen molar-refractivity contribution in [2.24, 2.45) is 0 Å². The zero-order valence-electron chi connectivity index (χ0n) is 10.3. The number of nitrogens with zero attached hydrogens (tertiary/aromatic N) is 1. The van der Waals surface area contributed by atoms with Gasteiger partial charge < -0.3 is 5.32 Å². The Labute approximate surface area is 115 Å². The van der Waals surface area contributed by atoms with Crippen LogP contribution in [0.25, 0.3) is 0 Å². The van der Waals surface area contributed by atoms with Gasteiger partial charge in [-0.3, -0.25) is 0 Å². The first kappa shape index (κ1) is 13.5. The summed E-state index contributed by atoms with van der Waals surface area (Å²) in [6.07, 6.45) is 0. The lowest BCUT2D eigenvalue weighted by Gasteiger charge is -2.05. The summed E-state index contributed by atoms with van der Waals surface area (Å²) < 4.78 is 13.4. The molecular formula is C13H15FN2S2. The highest BCUT2D eigenvalue weighted by Gasteiger charge is 2.09. The molecule has 5 heteroatoms. The van der Waals surface area contributed by atoms with Crippen molar-refractivity contribution in [1.29, 1.82) is 0 Å². The normalized spacial score (nSPS) is 12.6. The third kappa shape index (κ3) is 3.31. The number of aromatic nitrogens is 1. The summed E-state index contributed by atoms with van der Waals surface area (Å²) >= 11 is 3.11. The summed E-state index contributed by atoms with van der Waals surface area (Å²) in [7, 11) is 1.91. The Morgan fingerprint density at radius 3 is 2.94 bits per heavy atom. The van der Waals surface area contributed by atoms with Crippen molar-refractivity contribution in [2.45, 2.75) is 23.6 Å². The predicted octanol–water partition coefficient (Wildman–Crippen LogP) is 3.85.